The van der Waals surface area contributed by atoms with Crippen LogP contribution in [0.4, 0.5) is 0 Å². The molecule has 1 heterocycles. The Kier molecular flexibility index (Phi) is 2.69. The molecule has 0 bridgehead atoms. The summed E-state index contributed by atoms with van der Waals surface area (Å²) in [6.45, 7) is 8.02. The van der Waals surface area contributed by atoms with Gasteiger partial charge in [-0.2, -0.15) is 0 Å². The first-order valence-corrected chi connectivity index (χ1v) is 4.22. The van der Waals surface area contributed by atoms with Crippen LogP contribution >= 0.6 is 0 Å². The third-order valence-corrected chi connectivity index (χ3v) is 2.50. The van der Waals surface area contributed by atoms with E-state index in [9.17, 15) is 0 Å². The van der Waals surface area contributed by atoms with Crippen molar-refractivity contribution in [3.05, 3.63) is 0 Å². The van der Waals surface area contributed by atoms with Crippen LogP contribution in [0.15, 0.2) is 0 Å². The number of piperidine rings is 1. The van der Waals surface area contributed by atoms with Crippen molar-refractivity contribution in [1.29, 1.82) is 0 Å². The third kappa shape index (κ3) is 1.70. The van der Waals surface area contributed by atoms with Crippen LogP contribution in [0.25, 0.3) is 0 Å². The Morgan fingerprint density at radius 3 is 2.80 bits per heavy atom. The molecule has 1 aliphatic rings. The highest BCUT2D eigenvalue weighted by Crippen LogP contribution is 2.13. The van der Waals surface area contributed by atoms with Gasteiger partial charge in [0.05, 0.1) is 0 Å². The first kappa shape index (κ1) is 8.02. The predicted octanol–water partition coefficient (Wildman–Crippen LogP) is 0.675. The lowest BCUT2D eigenvalue weighted by Crippen LogP contribution is -2.45. The fourth-order valence-electron chi connectivity index (χ4n) is 1.54. The van der Waals surface area contributed by atoms with E-state index in [0.29, 0.717) is 12.0 Å². The molecule has 2 nitrogen and oxygen atoms in total. The smallest absolute Gasteiger partial charge is 0.00889 e. The molecule has 1 saturated heterocycles. The van der Waals surface area contributed by atoms with Crippen molar-refractivity contribution in [1.82, 2.24) is 4.90 Å². The highest BCUT2D eigenvalue weighted by atomic mass is 15.1. The van der Waals surface area contributed by atoms with Crippen molar-refractivity contribution in [2.24, 2.45) is 11.7 Å². The van der Waals surface area contributed by atoms with Crippen LogP contribution in [-0.2, 0) is 0 Å². The van der Waals surface area contributed by atoms with E-state index in [1.807, 2.05) is 0 Å². The molecular weight excluding hydrogens is 124 g/mol. The summed E-state index contributed by atoms with van der Waals surface area (Å²) >= 11 is 0. The van der Waals surface area contributed by atoms with Gasteiger partial charge in [0.25, 0.3) is 0 Å². The molecule has 0 unspecified atom stereocenters. The van der Waals surface area contributed by atoms with Crippen molar-refractivity contribution in [3.8, 4) is 0 Å². The van der Waals surface area contributed by atoms with E-state index >= 15 is 0 Å². The minimum atomic E-state index is 0.447. The van der Waals surface area contributed by atoms with E-state index in [2.05, 4.69) is 18.7 Å². The van der Waals surface area contributed by atoms with Gasteiger partial charge in [0.15, 0.2) is 0 Å². The average molecular weight is 142 g/mol. The largest absolute Gasteiger partial charge is 0.327 e. The lowest BCUT2D eigenvalue weighted by atomic mass is 9.95. The van der Waals surface area contributed by atoms with Crippen LogP contribution in [0.3, 0.4) is 0 Å². The normalized spacial score (nSPS) is 36.3. The van der Waals surface area contributed by atoms with E-state index in [1.165, 1.54) is 26.1 Å². The predicted molar refractivity (Wildman–Crippen MR) is 43.9 cm³/mol. The summed E-state index contributed by atoms with van der Waals surface area (Å²) in [5.41, 5.74) is 5.87. The van der Waals surface area contributed by atoms with Crippen LogP contribution < -0.4 is 5.73 Å². The van der Waals surface area contributed by atoms with Gasteiger partial charge in [0, 0.05) is 12.6 Å². The Morgan fingerprint density at radius 2 is 2.30 bits per heavy atom. The second-order valence-corrected chi connectivity index (χ2v) is 3.32. The molecule has 2 atom stereocenters. The summed E-state index contributed by atoms with van der Waals surface area (Å²) < 4.78 is 0. The molecule has 0 aromatic carbocycles. The molecule has 0 aromatic heterocycles. The molecule has 0 amide bonds. The van der Waals surface area contributed by atoms with Crippen molar-refractivity contribution >= 4 is 0 Å². The Balaban J connectivity index is 2.33. The Labute approximate surface area is 63.4 Å². The summed E-state index contributed by atoms with van der Waals surface area (Å²) in [5, 5.41) is 0. The molecule has 0 saturated carbocycles. The number of hydrogen-bond donors (Lipinski definition) is 1. The Bertz CT molecular complexity index is 103. The average Bonchev–Trinajstić information content (AvgIpc) is 1.95. The minimum absolute atomic E-state index is 0.447. The number of likely N-dealkylation sites (tertiary alicyclic amines) is 1. The second kappa shape index (κ2) is 3.35. The minimum Gasteiger partial charge on any atom is -0.327 e. The molecule has 0 spiro atoms. The van der Waals surface area contributed by atoms with Gasteiger partial charge in [0.2, 0.25) is 0 Å². The molecule has 0 radical (unpaired) electrons. The first-order valence-electron chi connectivity index (χ1n) is 4.22. The van der Waals surface area contributed by atoms with Crippen LogP contribution in [0.5, 0.6) is 0 Å². The van der Waals surface area contributed by atoms with Crippen molar-refractivity contribution in [3.63, 3.8) is 0 Å². The summed E-state index contributed by atoms with van der Waals surface area (Å²) in [6, 6.07) is 0.447. The fourth-order valence-corrected chi connectivity index (χ4v) is 1.54. The van der Waals surface area contributed by atoms with E-state index in [4.69, 9.17) is 5.73 Å². The van der Waals surface area contributed by atoms with Gasteiger partial charge in [0.1, 0.15) is 0 Å². The molecule has 1 fully saturated rings. The van der Waals surface area contributed by atoms with E-state index in [-0.39, 0.29) is 0 Å². The molecule has 2 N–H and O–H groups in total. The summed E-state index contributed by atoms with van der Waals surface area (Å²) in [7, 11) is 0. The molecule has 0 aromatic rings. The highest BCUT2D eigenvalue weighted by molar-refractivity contribution is 4.79. The zero-order valence-electron chi connectivity index (χ0n) is 7.01. The molecule has 60 valence electrons. The Hall–Kier alpha value is -0.0800. The van der Waals surface area contributed by atoms with Gasteiger partial charge in [-0.05, 0) is 25.4 Å². The molecule has 10 heavy (non-hydrogen) atoms. The first-order chi connectivity index (χ1) is 4.74. The molecular formula is C8H18N2. The number of nitrogens with two attached hydrogens (primary N) is 1. The topological polar surface area (TPSA) is 29.3 Å². The monoisotopic (exact) mass is 142 g/mol. The van der Waals surface area contributed by atoms with Gasteiger partial charge >= 0.3 is 0 Å². The van der Waals surface area contributed by atoms with Crippen LogP contribution in [0.2, 0.25) is 0 Å². The molecule has 2 heteroatoms. The van der Waals surface area contributed by atoms with Crippen LogP contribution in [0, 0.1) is 5.92 Å². The summed E-state index contributed by atoms with van der Waals surface area (Å²) in [6.07, 6.45) is 1.18. The van der Waals surface area contributed by atoms with Gasteiger partial charge in [-0.15, -0.1) is 0 Å². The Morgan fingerprint density at radius 1 is 1.60 bits per heavy atom. The van der Waals surface area contributed by atoms with Crippen LogP contribution in [0.1, 0.15) is 20.3 Å². The second-order valence-electron chi connectivity index (χ2n) is 3.32. The summed E-state index contributed by atoms with van der Waals surface area (Å²) in [5.74, 6) is 0.689. The zero-order chi connectivity index (χ0) is 7.56. The van der Waals surface area contributed by atoms with Crippen molar-refractivity contribution in [2.45, 2.75) is 26.3 Å². The maximum absolute atomic E-state index is 5.87. The number of rotatable bonds is 1. The molecule has 1 rings (SSSR count). The lowest BCUT2D eigenvalue weighted by Gasteiger charge is -2.34. The third-order valence-electron chi connectivity index (χ3n) is 2.50. The lowest BCUT2D eigenvalue weighted by molar-refractivity contribution is 0.172. The van der Waals surface area contributed by atoms with Gasteiger partial charge in [-0.3, -0.25) is 0 Å². The highest BCUT2D eigenvalue weighted by Gasteiger charge is 2.21. The van der Waals surface area contributed by atoms with Gasteiger partial charge in [-0.25, -0.2) is 0 Å². The van der Waals surface area contributed by atoms with Gasteiger partial charge in [-0.1, -0.05) is 13.8 Å². The quantitative estimate of drug-likeness (QED) is 0.583. The maximum Gasteiger partial charge on any atom is 0.00889 e. The molecule has 0 aliphatic carbocycles. The molecule has 1 aliphatic heterocycles. The van der Waals surface area contributed by atoms with Gasteiger partial charge < -0.3 is 10.6 Å². The van der Waals surface area contributed by atoms with Crippen molar-refractivity contribution in [2.75, 3.05) is 19.6 Å². The maximum atomic E-state index is 5.87. The summed E-state index contributed by atoms with van der Waals surface area (Å²) in [4.78, 5) is 2.47. The zero-order valence-corrected chi connectivity index (χ0v) is 7.01. The van der Waals surface area contributed by atoms with Crippen molar-refractivity contribution < 1.29 is 0 Å². The van der Waals surface area contributed by atoms with E-state index < -0.39 is 0 Å². The van der Waals surface area contributed by atoms with E-state index in [0.717, 1.165) is 0 Å². The fraction of sp³-hybridized carbons (Fsp3) is 1.00. The standard InChI is InChI=1S/C8H18N2/c1-3-10-5-4-8(9)7(2)6-10/h7-8H,3-6,9H2,1-2H3/t7-,8+/m1/s1. The SMILES string of the molecule is CCN1CC[C@H](N)[C@H](C)C1. The number of nitrogens with zero attached hydrogens (tertiary/aromatic N) is 1. The van der Waals surface area contributed by atoms with E-state index in [1.54, 1.807) is 0 Å². The van der Waals surface area contributed by atoms with Crippen LogP contribution in [-0.4, -0.2) is 30.6 Å². The number of hydrogen-bond acceptors (Lipinski definition) is 2.